The maximum atomic E-state index is 11.7. The van der Waals surface area contributed by atoms with E-state index in [0.29, 0.717) is 10.7 Å². The number of carbonyl (C=O) groups is 3. The smallest absolute Gasteiger partial charge is 0.325 e. The number of carbonyl (C=O) groups excluding carboxylic acids is 3. The number of imide groups is 1. The number of amides is 4. The van der Waals surface area contributed by atoms with Crippen LogP contribution in [0.25, 0.3) is 0 Å². The Balaban J connectivity index is 1.96. The van der Waals surface area contributed by atoms with Crippen molar-refractivity contribution >= 4 is 35.1 Å². The standard InChI is InChI=1S/C12H12ClN3O3/c1-7-11(18)16(12(19)14-7)6-10(17)15-9-4-2-8(13)3-5-9/h2-5,7H,6H2,1H3,(H,14,19)(H,15,17). The molecule has 2 N–H and O–H groups in total. The first kappa shape index (κ1) is 13.4. The van der Waals surface area contributed by atoms with Gasteiger partial charge in [0.2, 0.25) is 5.91 Å². The van der Waals surface area contributed by atoms with Gasteiger partial charge in [0.15, 0.2) is 0 Å². The van der Waals surface area contributed by atoms with E-state index in [2.05, 4.69) is 10.6 Å². The van der Waals surface area contributed by atoms with Crippen LogP contribution in [0.15, 0.2) is 24.3 Å². The summed E-state index contributed by atoms with van der Waals surface area (Å²) in [6.07, 6.45) is 0. The van der Waals surface area contributed by atoms with Crippen LogP contribution in [0.5, 0.6) is 0 Å². The molecule has 2 rings (SSSR count). The third-order valence-corrected chi connectivity index (χ3v) is 2.90. The van der Waals surface area contributed by atoms with Crippen molar-refractivity contribution in [3.8, 4) is 0 Å². The number of anilines is 1. The third kappa shape index (κ3) is 3.03. The molecule has 1 aliphatic rings. The average Bonchev–Trinajstić information content (AvgIpc) is 2.59. The summed E-state index contributed by atoms with van der Waals surface area (Å²) in [4.78, 5) is 35.6. The number of rotatable bonds is 3. The molecule has 1 aromatic carbocycles. The molecule has 0 saturated carbocycles. The van der Waals surface area contributed by atoms with Crippen molar-refractivity contribution in [2.75, 3.05) is 11.9 Å². The fourth-order valence-electron chi connectivity index (χ4n) is 1.69. The number of nitrogens with one attached hydrogen (secondary N) is 2. The van der Waals surface area contributed by atoms with Crippen LogP contribution in [0, 0.1) is 0 Å². The minimum atomic E-state index is -0.587. The molecule has 0 aliphatic carbocycles. The zero-order valence-corrected chi connectivity index (χ0v) is 10.9. The highest BCUT2D eigenvalue weighted by Gasteiger charge is 2.36. The minimum Gasteiger partial charge on any atom is -0.326 e. The van der Waals surface area contributed by atoms with Crippen LogP contribution in [0.4, 0.5) is 10.5 Å². The molecular formula is C12H12ClN3O3. The van der Waals surface area contributed by atoms with Crippen LogP contribution in [0.1, 0.15) is 6.92 Å². The maximum absolute atomic E-state index is 11.7. The van der Waals surface area contributed by atoms with Gasteiger partial charge in [-0.05, 0) is 31.2 Å². The summed E-state index contributed by atoms with van der Waals surface area (Å²) in [6.45, 7) is 1.26. The topological polar surface area (TPSA) is 78.5 Å². The summed E-state index contributed by atoms with van der Waals surface area (Å²) in [6, 6.07) is 5.39. The van der Waals surface area contributed by atoms with E-state index in [9.17, 15) is 14.4 Å². The first-order valence-electron chi connectivity index (χ1n) is 5.64. The third-order valence-electron chi connectivity index (χ3n) is 2.65. The van der Waals surface area contributed by atoms with Gasteiger partial charge >= 0.3 is 6.03 Å². The fraction of sp³-hybridized carbons (Fsp3) is 0.250. The van der Waals surface area contributed by atoms with Gasteiger partial charge in [-0.3, -0.25) is 14.5 Å². The van der Waals surface area contributed by atoms with Crippen molar-refractivity contribution in [2.24, 2.45) is 0 Å². The highest BCUT2D eigenvalue weighted by atomic mass is 35.5. The SMILES string of the molecule is CC1NC(=O)N(CC(=O)Nc2ccc(Cl)cc2)C1=O. The van der Waals surface area contributed by atoms with E-state index in [4.69, 9.17) is 11.6 Å². The second kappa shape index (κ2) is 5.27. The molecular weight excluding hydrogens is 270 g/mol. The maximum Gasteiger partial charge on any atom is 0.325 e. The van der Waals surface area contributed by atoms with Crippen LogP contribution >= 0.6 is 11.6 Å². The molecule has 1 aromatic rings. The lowest BCUT2D eigenvalue weighted by molar-refractivity contribution is -0.130. The second-order valence-corrected chi connectivity index (χ2v) is 4.59. The van der Waals surface area contributed by atoms with Crippen LogP contribution in [0.3, 0.4) is 0 Å². The lowest BCUT2D eigenvalue weighted by Gasteiger charge is -2.12. The van der Waals surface area contributed by atoms with Gasteiger partial charge in [-0.2, -0.15) is 0 Å². The normalized spacial score (nSPS) is 18.4. The Morgan fingerprint density at radius 3 is 2.53 bits per heavy atom. The summed E-state index contributed by atoms with van der Waals surface area (Å²) in [5, 5.41) is 5.57. The van der Waals surface area contributed by atoms with Crippen LogP contribution < -0.4 is 10.6 Å². The van der Waals surface area contributed by atoms with E-state index < -0.39 is 23.9 Å². The van der Waals surface area contributed by atoms with Crippen molar-refractivity contribution in [1.29, 1.82) is 0 Å². The van der Waals surface area contributed by atoms with E-state index in [-0.39, 0.29) is 6.54 Å². The number of hydrogen-bond acceptors (Lipinski definition) is 3. The zero-order chi connectivity index (χ0) is 14.0. The average molecular weight is 282 g/mol. The first-order valence-corrected chi connectivity index (χ1v) is 6.02. The highest BCUT2D eigenvalue weighted by molar-refractivity contribution is 6.30. The van der Waals surface area contributed by atoms with Crippen molar-refractivity contribution in [3.05, 3.63) is 29.3 Å². The molecule has 19 heavy (non-hydrogen) atoms. The Morgan fingerprint density at radius 1 is 1.37 bits per heavy atom. The summed E-state index contributed by atoms with van der Waals surface area (Å²) in [5.74, 6) is -0.851. The minimum absolute atomic E-state index is 0.308. The number of urea groups is 1. The Bertz CT molecular complexity index is 530. The molecule has 100 valence electrons. The van der Waals surface area contributed by atoms with Gasteiger partial charge in [0.1, 0.15) is 12.6 Å². The number of benzene rings is 1. The second-order valence-electron chi connectivity index (χ2n) is 4.15. The number of hydrogen-bond donors (Lipinski definition) is 2. The summed E-state index contributed by atoms with van der Waals surface area (Å²) < 4.78 is 0. The fourth-order valence-corrected chi connectivity index (χ4v) is 1.81. The molecule has 7 heteroatoms. The largest absolute Gasteiger partial charge is 0.326 e. The van der Waals surface area contributed by atoms with Gasteiger partial charge < -0.3 is 10.6 Å². The lowest BCUT2D eigenvalue weighted by Crippen LogP contribution is -2.38. The Kier molecular flexibility index (Phi) is 3.71. The Hall–Kier alpha value is -2.08. The molecule has 1 atom stereocenters. The zero-order valence-electron chi connectivity index (χ0n) is 10.1. The van der Waals surface area contributed by atoms with E-state index in [0.717, 1.165) is 4.90 Å². The molecule has 1 unspecified atom stereocenters. The van der Waals surface area contributed by atoms with Gasteiger partial charge in [-0.25, -0.2) is 4.79 Å². The van der Waals surface area contributed by atoms with Gasteiger partial charge in [0.05, 0.1) is 0 Å². The van der Waals surface area contributed by atoms with Crippen molar-refractivity contribution in [1.82, 2.24) is 10.2 Å². The van der Waals surface area contributed by atoms with Gasteiger partial charge in [0.25, 0.3) is 5.91 Å². The highest BCUT2D eigenvalue weighted by Crippen LogP contribution is 2.13. The summed E-state index contributed by atoms with van der Waals surface area (Å²) in [5.41, 5.74) is 0.550. The first-order chi connectivity index (χ1) is 8.97. The predicted octanol–water partition coefficient (Wildman–Crippen LogP) is 1.22. The number of nitrogens with zero attached hydrogens (tertiary/aromatic N) is 1. The molecule has 1 fully saturated rings. The quantitative estimate of drug-likeness (QED) is 0.818. The van der Waals surface area contributed by atoms with E-state index >= 15 is 0 Å². The van der Waals surface area contributed by atoms with Crippen LogP contribution in [-0.2, 0) is 9.59 Å². The van der Waals surface area contributed by atoms with Crippen LogP contribution in [-0.4, -0.2) is 35.3 Å². The summed E-state index contributed by atoms with van der Waals surface area (Å²) in [7, 11) is 0. The van der Waals surface area contributed by atoms with Crippen molar-refractivity contribution < 1.29 is 14.4 Å². The number of halogens is 1. The van der Waals surface area contributed by atoms with Gasteiger partial charge in [-0.15, -0.1) is 0 Å². The summed E-state index contributed by atoms with van der Waals surface area (Å²) >= 11 is 5.72. The van der Waals surface area contributed by atoms with E-state index in [1.807, 2.05) is 0 Å². The van der Waals surface area contributed by atoms with Crippen molar-refractivity contribution in [2.45, 2.75) is 13.0 Å². The lowest BCUT2D eigenvalue weighted by atomic mass is 10.3. The molecule has 0 spiro atoms. The monoisotopic (exact) mass is 281 g/mol. The molecule has 1 heterocycles. The van der Waals surface area contributed by atoms with E-state index in [1.165, 1.54) is 0 Å². The Labute approximate surface area is 114 Å². The molecule has 1 saturated heterocycles. The van der Waals surface area contributed by atoms with Crippen molar-refractivity contribution in [3.63, 3.8) is 0 Å². The predicted molar refractivity (Wildman–Crippen MR) is 69.8 cm³/mol. The Morgan fingerprint density at radius 2 is 2.00 bits per heavy atom. The molecule has 1 aliphatic heterocycles. The van der Waals surface area contributed by atoms with E-state index in [1.54, 1.807) is 31.2 Å². The molecule has 4 amide bonds. The van der Waals surface area contributed by atoms with Gasteiger partial charge in [0, 0.05) is 10.7 Å². The molecule has 0 aromatic heterocycles. The molecule has 0 radical (unpaired) electrons. The van der Waals surface area contributed by atoms with Gasteiger partial charge in [-0.1, -0.05) is 11.6 Å². The molecule has 0 bridgehead atoms. The van der Waals surface area contributed by atoms with Crippen LogP contribution in [0.2, 0.25) is 5.02 Å². The molecule has 6 nitrogen and oxygen atoms in total.